The van der Waals surface area contributed by atoms with E-state index in [1.54, 1.807) is 0 Å². The van der Waals surface area contributed by atoms with Crippen molar-refractivity contribution in [3.05, 3.63) is 35.9 Å². The number of carboxylic acid groups (broad SMARTS) is 1. The Kier molecular flexibility index (Phi) is 3.92. The van der Waals surface area contributed by atoms with Gasteiger partial charge in [0.05, 0.1) is 18.1 Å². The molecule has 2 bridgehead atoms. The second kappa shape index (κ2) is 5.85. The van der Waals surface area contributed by atoms with Crippen LogP contribution in [0, 0.1) is 5.92 Å². The average molecular weight is 289 g/mol. The molecule has 5 heteroatoms. The summed E-state index contributed by atoms with van der Waals surface area (Å²) >= 11 is 0. The third-order valence-electron chi connectivity index (χ3n) is 4.34. The zero-order chi connectivity index (χ0) is 14.8. The number of fused-ring (bicyclic) bond motifs is 2. The lowest BCUT2D eigenvalue weighted by atomic mass is 9.88. The molecular weight excluding hydrogens is 270 g/mol. The molecule has 1 aromatic rings. The lowest BCUT2D eigenvalue weighted by Gasteiger charge is -2.21. The summed E-state index contributed by atoms with van der Waals surface area (Å²) in [4.78, 5) is 23.7. The molecule has 2 saturated heterocycles. The first kappa shape index (κ1) is 14.1. The van der Waals surface area contributed by atoms with Crippen LogP contribution in [0.1, 0.15) is 24.8 Å². The van der Waals surface area contributed by atoms with E-state index < -0.39 is 12.0 Å². The molecule has 1 aromatic carbocycles. The minimum Gasteiger partial charge on any atom is -0.480 e. The van der Waals surface area contributed by atoms with Gasteiger partial charge in [0.1, 0.15) is 6.04 Å². The van der Waals surface area contributed by atoms with Gasteiger partial charge < -0.3 is 15.2 Å². The molecule has 21 heavy (non-hydrogen) atoms. The van der Waals surface area contributed by atoms with Crippen molar-refractivity contribution in [1.29, 1.82) is 0 Å². The first-order valence-corrected chi connectivity index (χ1v) is 7.36. The maximum atomic E-state index is 12.3. The van der Waals surface area contributed by atoms with Crippen molar-refractivity contribution >= 4 is 11.9 Å². The number of carbonyl (C=O) groups is 2. The molecule has 4 atom stereocenters. The van der Waals surface area contributed by atoms with Gasteiger partial charge in [-0.1, -0.05) is 30.3 Å². The van der Waals surface area contributed by atoms with Crippen LogP contribution in [-0.2, 0) is 20.7 Å². The molecule has 5 nitrogen and oxygen atoms in total. The molecule has 0 aliphatic carbocycles. The molecule has 2 fully saturated rings. The highest BCUT2D eigenvalue weighted by atomic mass is 16.5. The van der Waals surface area contributed by atoms with E-state index in [0.717, 1.165) is 18.4 Å². The van der Waals surface area contributed by atoms with Gasteiger partial charge in [0.15, 0.2) is 0 Å². The maximum absolute atomic E-state index is 12.3. The smallest absolute Gasteiger partial charge is 0.326 e. The van der Waals surface area contributed by atoms with E-state index in [-0.39, 0.29) is 24.0 Å². The van der Waals surface area contributed by atoms with E-state index in [2.05, 4.69) is 5.32 Å². The number of hydrogen-bond acceptors (Lipinski definition) is 3. The second-order valence-electron chi connectivity index (χ2n) is 5.81. The average Bonchev–Trinajstić information content (AvgIpc) is 3.10. The molecule has 0 aromatic heterocycles. The number of ether oxygens (including phenoxy) is 1. The molecule has 0 spiro atoms. The van der Waals surface area contributed by atoms with Gasteiger partial charge in [-0.05, 0) is 24.8 Å². The largest absolute Gasteiger partial charge is 0.480 e. The summed E-state index contributed by atoms with van der Waals surface area (Å²) in [7, 11) is 0. The Morgan fingerprint density at radius 2 is 2.05 bits per heavy atom. The molecule has 112 valence electrons. The summed E-state index contributed by atoms with van der Waals surface area (Å²) in [6.07, 6.45) is 3.09. The fourth-order valence-corrected chi connectivity index (χ4v) is 3.24. The Morgan fingerprint density at radius 1 is 1.29 bits per heavy atom. The predicted octanol–water partition coefficient (Wildman–Crippen LogP) is 1.37. The van der Waals surface area contributed by atoms with Crippen molar-refractivity contribution in [2.24, 2.45) is 5.92 Å². The fraction of sp³-hybridized carbons (Fsp3) is 0.500. The summed E-state index contributed by atoms with van der Waals surface area (Å²) < 4.78 is 5.66. The van der Waals surface area contributed by atoms with Crippen LogP contribution in [0.4, 0.5) is 0 Å². The Morgan fingerprint density at radius 3 is 2.62 bits per heavy atom. The predicted molar refractivity (Wildman–Crippen MR) is 75.7 cm³/mol. The summed E-state index contributed by atoms with van der Waals surface area (Å²) in [6, 6.07) is 8.44. The van der Waals surface area contributed by atoms with Gasteiger partial charge in [-0.2, -0.15) is 0 Å². The second-order valence-corrected chi connectivity index (χ2v) is 5.81. The number of nitrogens with one attached hydrogen (secondary N) is 1. The van der Waals surface area contributed by atoms with Crippen molar-refractivity contribution in [2.45, 2.75) is 43.9 Å². The van der Waals surface area contributed by atoms with Gasteiger partial charge >= 0.3 is 5.97 Å². The molecule has 2 N–H and O–H groups in total. The van der Waals surface area contributed by atoms with E-state index in [0.29, 0.717) is 12.8 Å². The minimum absolute atomic E-state index is 0.0267. The van der Waals surface area contributed by atoms with Gasteiger partial charge in [0.25, 0.3) is 0 Å². The summed E-state index contributed by atoms with van der Waals surface area (Å²) in [5.41, 5.74) is 0.898. The molecule has 0 saturated carbocycles. The van der Waals surface area contributed by atoms with Crippen LogP contribution < -0.4 is 5.32 Å². The summed E-state index contributed by atoms with van der Waals surface area (Å²) in [6.45, 7) is 0. The third kappa shape index (κ3) is 3.08. The zero-order valence-electron chi connectivity index (χ0n) is 11.7. The molecule has 3 unspecified atom stereocenters. The number of amides is 1. The maximum Gasteiger partial charge on any atom is 0.326 e. The topological polar surface area (TPSA) is 75.6 Å². The van der Waals surface area contributed by atoms with Gasteiger partial charge in [-0.15, -0.1) is 0 Å². The normalized spacial score (nSPS) is 28.3. The van der Waals surface area contributed by atoms with Crippen LogP contribution in [0.25, 0.3) is 0 Å². The van der Waals surface area contributed by atoms with Crippen molar-refractivity contribution in [3.8, 4) is 0 Å². The number of benzene rings is 1. The van der Waals surface area contributed by atoms with Gasteiger partial charge in [0, 0.05) is 6.42 Å². The Balaban J connectivity index is 1.62. The Hall–Kier alpha value is -1.88. The van der Waals surface area contributed by atoms with Crippen molar-refractivity contribution in [1.82, 2.24) is 5.32 Å². The summed E-state index contributed by atoms with van der Waals surface area (Å²) in [5.74, 6) is -1.39. The van der Waals surface area contributed by atoms with Crippen LogP contribution in [-0.4, -0.2) is 35.2 Å². The van der Waals surface area contributed by atoms with Crippen molar-refractivity contribution in [2.75, 3.05) is 0 Å². The highest BCUT2D eigenvalue weighted by Crippen LogP contribution is 2.38. The van der Waals surface area contributed by atoms with E-state index in [9.17, 15) is 14.7 Å². The molecule has 3 rings (SSSR count). The van der Waals surface area contributed by atoms with Crippen LogP contribution in [0.2, 0.25) is 0 Å². The van der Waals surface area contributed by atoms with Crippen LogP contribution >= 0.6 is 0 Å². The van der Waals surface area contributed by atoms with Crippen LogP contribution in [0.15, 0.2) is 30.3 Å². The lowest BCUT2D eigenvalue weighted by Crippen LogP contribution is -2.46. The van der Waals surface area contributed by atoms with Crippen LogP contribution in [0.3, 0.4) is 0 Å². The Bertz CT molecular complexity index is 530. The lowest BCUT2D eigenvalue weighted by molar-refractivity contribution is -0.142. The Labute approximate surface area is 123 Å². The first-order chi connectivity index (χ1) is 10.1. The van der Waals surface area contributed by atoms with Crippen LogP contribution in [0.5, 0.6) is 0 Å². The van der Waals surface area contributed by atoms with E-state index >= 15 is 0 Å². The minimum atomic E-state index is -1.00. The van der Waals surface area contributed by atoms with Crippen molar-refractivity contribution < 1.29 is 19.4 Å². The van der Waals surface area contributed by atoms with Gasteiger partial charge in [0.2, 0.25) is 5.91 Å². The number of rotatable bonds is 5. The quantitative estimate of drug-likeness (QED) is 0.858. The number of carbonyl (C=O) groups excluding carboxylic acids is 1. The number of carboxylic acids is 1. The molecule has 1 amide bonds. The van der Waals surface area contributed by atoms with E-state index in [1.807, 2.05) is 30.3 Å². The highest BCUT2D eigenvalue weighted by Gasteiger charge is 2.45. The van der Waals surface area contributed by atoms with E-state index in [4.69, 9.17) is 4.74 Å². The molecule has 2 aliphatic heterocycles. The monoisotopic (exact) mass is 289 g/mol. The molecule has 0 radical (unpaired) electrons. The highest BCUT2D eigenvalue weighted by molar-refractivity contribution is 5.85. The molecule has 2 heterocycles. The van der Waals surface area contributed by atoms with Gasteiger partial charge in [-0.25, -0.2) is 4.79 Å². The molecular formula is C16H19NO4. The standard InChI is InChI=1S/C16H19NO4/c18-15(12-9-11-6-7-14(12)21-11)17-13(16(19)20)8-10-4-2-1-3-5-10/h1-5,11-14H,6-9H2,(H,17,18)(H,19,20)/t11?,12?,13-,14?/m0/s1. The zero-order valence-corrected chi connectivity index (χ0v) is 11.7. The number of hydrogen-bond donors (Lipinski definition) is 2. The third-order valence-corrected chi connectivity index (χ3v) is 4.34. The SMILES string of the molecule is O=C(N[C@@H](Cc1ccccc1)C(=O)O)C1CC2CCC1O2. The van der Waals surface area contributed by atoms with Gasteiger partial charge in [-0.3, -0.25) is 4.79 Å². The number of aliphatic carboxylic acids is 1. The molecule has 2 aliphatic rings. The fourth-order valence-electron chi connectivity index (χ4n) is 3.24. The van der Waals surface area contributed by atoms with Crippen molar-refractivity contribution in [3.63, 3.8) is 0 Å². The first-order valence-electron chi connectivity index (χ1n) is 7.36. The van der Waals surface area contributed by atoms with E-state index in [1.165, 1.54) is 0 Å². The summed E-state index contributed by atoms with van der Waals surface area (Å²) in [5, 5.41) is 12.0.